The summed E-state index contributed by atoms with van der Waals surface area (Å²) in [5.74, 6) is 0.659. The maximum atomic E-state index is 11.3. The molecule has 18 heavy (non-hydrogen) atoms. The highest BCUT2D eigenvalue weighted by atomic mass is 16.5. The first-order valence-corrected chi connectivity index (χ1v) is 7.02. The smallest absolute Gasteiger partial charge is 0.314 e. The molecule has 5 heteroatoms. The zero-order valence-corrected chi connectivity index (χ0v) is 11.3. The second kappa shape index (κ2) is 9.16. The first-order valence-electron chi connectivity index (χ1n) is 7.02. The van der Waals surface area contributed by atoms with E-state index >= 15 is 0 Å². The van der Waals surface area contributed by atoms with Crippen LogP contribution >= 0.6 is 0 Å². The van der Waals surface area contributed by atoms with Crippen molar-refractivity contribution in [1.82, 2.24) is 10.6 Å². The molecule has 0 aromatic carbocycles. The van der Waals surface area contributed by atoms with E-state index in [2.05, 4.69) is 10.6 Å². The van der Waals surface area contributed by atoms with Crippen LogP contribution in [0.15, 0.2) is 0 Å². The summed E-state index contributed by atoms with van der Waals surface area (Å²) in [7, 11) is 0. The highest BCUT2D eigenvalue weighted by Gasteiger charge is 2.25. The van der Waals surface area contributed by atoms with E-state index in [4.69, 9.17) is 9.84 Å². The van der Waals surface area contributed by atoms with Gasteiger partial charge >= 0.3 is 6.03 Å². The molecule has 0 heterocycles. The summed E-state index contributed by atoms with van der Waals surface area (Å²) in [4.78, 5) is 11.3. The number of carbonyl (C=O) groups excluding carboxylic acids is 1. The molecule has 1 saturated carbocycles. The quantitative estimate of drug-likeness (QED) is 0.614. The van der Waals surface area contributed by atoms with Crippen molar-refractivity contribution in [1.29, 1.82) is 0 Å². The van der Waals surface area contributed by atoms with Gasteiger partial charge in [0, 0.05) is 19.7 Å². The lowest BCUT2D eigenvalue weighted by Gasteiger charge is -2.23. The van der Waals surface area contributed by atoms with Crippen LogP contribution in [-0.2, 0) is 4.74 Å². The van der Waals surface area contributed by atoms with Gasteiger partial charge in [-0.2, -0.15) is 0 Å². The largest absolute Gasteiger partial charge is 0.395 e. The zero-order valence-electron chi connectivity index (χ0n) is 11.3. The molecule has 0 spiro atoms. The molecule has 0 saturated heterocycles. The Morgan fingerprint density at radius 1 is 1.33 bits per heavy atom. The Kier molecular flexibility index (Phi) is 7.76. The first-order chi connectivity index (χ1) is 8.77. The summed E-state index contributed by atoms with van der Waals surface area (Å²) in [6.07, 6.45) is 6.25. The fourth-order valence-corrected chi connectivity index (χ4v) is 2.56. The van der Waals surface area contributed by atoms with Crippen molar-refractivity contribution in [2.45, 2.75) is 45.1 Å². The Morgan fingerprint density at radius 2 is 2.00 bits per heavy atom. The summed E-state index contributed by atoms with van der Waals surface area (Å²) >= 11 is 0. The molecule has 0 aliphatic heterocycles. The second-order valence-electron chi connectivity index (χ2n) is 4.73. The van der Waals surface area contributed by atoms with Gasteiger partial charge in [-0.1, -0.05) is 12.8 Å². The zero-order chi connectivity index (χ0) is 13.2. The van der Waals surface area contributed by atoms with Crippen molar-refractivity contribution in [3.63, 3.8) is 0 Å². The number of nitrogens with one attached hydrogen (secondary N) is 2. The van der Waals surface area contributed by atoms with Gasteiger partial charge in [0.15, 0.2) is 0 Å². The van der Waals surface area contributed by atoms with Crippen LogP contribution in [0.1, 0.15) is 39.0 Å². The van der Waals surface area contributed by atoms with Crippen molar-refractivity contribution in [2.24, 2.45) is 5.92 Å². The number of ether oxygens (including phenoxy) is 1. The van der Waals surface area contributed by atoms with Gasteiger partial charge in [0.2, 0.25) is 0 Å². The minimum Gasteiger partial charge on any atom is -0.395 e. The fourth-order valence-electron chi connectivity index (χ4n) is 2.56. The molecular formula is C13H26N2O3. The second-order valence-corrected chi connectivity index (χ2v) is 4.73. The van der Waals surface area contributed by atoms with Crippen LogP contribution in [0.3, 0.4) is 0 Å². The fraction of sp³-hybridized carbons (Fsp3) is 0.923. The summed E-state index contributed by atoms with van der Waals surface area (Å²) < 4.78 is 5.78. The van der Waals surface area contributed by atoms with Gasteiger partial charge in [-0.15, -0.1) is 0 Å². The molecule has 3 N–H and O–H groups in total. The van der Waals surface area contributed by atoms with E-state index in [0.29, 0.717) is 19.0 Å². The molecule has 1 rings (SSSR count). The van der Waals surface area contributed by atoms with E-state index in [-0.39, 0.29) is 18.7 Å². The van der Waals surface area contributed by atoms with Gasteiger partial charge < -0.3 is 20.5 Å². The molecule has 1 fully saturated rings. The minimum atomic E-state index is -0.217. The lowest BCUT2D eigenvalue weighted by molar-refractivity contribution is 0.0167. The number of hydrogen-bond donors (Lipinski definition) is 3. The topological polar surface area (TPSA) is 70.6 Å². The highest BCUT2D eigenvalue weighted by molar-refractivity contribution is 5.73. The predicted octanol–water partition coefficient (Wildman–Crippen LogP) is 1.26. The van der Waals surface area contributed by atoms with Crippen LogP contribution in [0.2, 0.25) is 0 Å². The minimum absolute atomic E-state index is 0.0307. The number of urea groups is 1. The standard InChI is InChI=1S/C13H26N2O3/c1-2-18-12(11-5-3-4-6-11)7-8-14-13(17)15-9-10-16/h11-12,16H,2-10H2,1H3,(H2,14,15,17). The van der Waals surface area contributed by atoms with Crippen LogP contribution < -0.4 is 10.6 Å². The van der Waals surface area contributed by atoms with E-state index in [1.807, 2.05) is 6.92 Å². The summed E-state index contributed by atoms with van der Waals surface area (Å²) in [5, 5.41) is 13.9. The maximum Gasteiger partial charge on any atom is 0.314 e. The van der Waals surface area contributed by atoms with Crippen molar-refractivity contribution >= 4 is 6.03 Å². The van der Waals surface area contributed by atoms with Crippen LogP contribution in [0.5, 0.6) is 0 Å². The van der Waals surface area contributed by atoms with E-state index in [0.717, 1.165) is 13.0 Å². The van der Waals surface area contributed by atoms with Gasteiger partial charge in [0.05, 0.1) is 12.7 Å². The number of amides is 2. The van der Waals surface area contributed by atoms with Crippen LogP contribution in [-0.4, -0.2) is 43.5 Å². The van der Waals surface area contributed by atoms with Crippen molar-refractivity contribution < 1.29 is 14.6 Å². The van der Waals surface area contributed by atoms with E-state index in [1.165, 1.54) is 25.7 Å². The summed E-state index contributed by atoms with van der Waals surface area (Å²) in [5.41, 5.74) is 0. The molecule has 106 valence electrons. The van der Waals surface area contributed by atoms with Crippen LogP contribution in [0.25, 0.3) is 0 Å². The Hall–Kier alpha value is -0.810. The molecular weight excluding hydrogens is 232 g/mol. The molecule has 1 aliphatic carbocycles. The van der Waals surface area contributed by atoms with Gasteiger partial charge in [-0.05, 0) is 32.1 Å². The maximum absolute atomic E-state index is 11.3. The van der Waals surface area contributed by atoms with Crippen molar-refractivity contribution in [3.05, 3.63) is 0 Å². The van der Waals surface area contributed by atoms with Crippen molar-refractivity contribution in [3.8, 4) is 0 Å². The SMILES string of the molecule is CCOC(CCNC(=O)NCCO)C1CCCC1. The Labute approximate surface area is 109 Å². The normalized spacial score (nSPS) is 17.7. The molecule has 1 atom stereocenters. The van der Waals surface area contributed by atoms with E-state index < -0.39 is 0 Å². The first kappa shape index (κ1) is 15.2. The van der Waals surface area contributed by atoms with E-state index in [9.17, 15) is 4.79 Å². The number of carbonyl (C=O) groups is 1. The molecule has 0 radical (unpaired) electrons. The van der Waals surface area contributed by atoms with Gasteiger partial charge in [-0.25, -0.2) is 4.79 Å². The molecule has 0 aromatic rings. The molecule has 1 unspecified atom stereocenters. The van der Waals surface area contributed by atoms with Crippen LogP contribution in [0, 0.1) is 5.92 Å². The van der Waals surface area contributed by atoms with Gasteiger partial charge in [0.1, 0.15) is 0 Å². The molecule has 1 aliphatic rings. The third-order valence-electron chi connectivity index (χ3n) is 3.42. The molecule has 0 aromatic heterocycles. The monoisotopic (exact) mass is 258 g/mol. The number of rotatable bonds is 8. The summed E-state index contributed by atoms with van der Waals surface area (Å²) in [6, 6.07) is -0.217. The molecule has 2 amide bonds. The third-order valence-corrected chi connectivity index (χ3v) is 3.42. The molecule has 5 nitrogen and oxygen atoms in total. The highest BCUT2D eigenvalue weighted by Crippen LogP contribution is 2.30. The van der Waals surface area contributed by atoms with Gasteiger partial charge in [-0.3, -0.25) is 0 Å². The summed E-state index contributed by atoms with van der Waals surface area (Å²) in [6.45, 7) is 3.64. The Morgan fingerprint density at radius 3 is 2.61 bits per heavy atom. The molecule has 0 bridgehead atoms. The Bertz CT molecular complexity index is 230. The number of hydrogen-bond acceptors (Lipinski definition) is 3. The lowest BCUT2D eigenvalue weighted by atomic mass is 9.98. The van der Waals surface area contributed by atoms with Gasteiger partial charge in [0.25, 0.3) is 0 Å². The number of aliphatic hydroxyl groups excluding tert-OH is 1. The van der Waals surface area contributed by atoms with Crippen molar-refractivity contribution in [2.75, 3.05) is 26.3 Å². The predicted molar refractivity (Wildman–Crippen MR) is 70.5 cm³/mol. The third kappa shape index (κ3) is 5.69. The average Bonchev–Trinajstić information content (AvgIpc) is 2.89. The number of aliphatic hydroxyl groups is 1. The van der Waals surface area contributed by atoms with Crippen LogP contribution in [0.4, 0.5) is 4.79 Å². The average molecular weight is 258 g/mol. The lowest BCUT2D eigenvalue weighted by Crippen LogP contribution is -2.39. The Balaban J connectivity index is 2.18. The van der Waals surface area contributed by atoms with E-state index in [1.54, 1.807) is 0 Å².